The van der Waals surface area contributed by atoms with E-state index in [2.05, 4.69) is 45.5 Å². The Morgan fingerprint density at radius 1 is 1.23 bits per heavy atom. The van der Waals surface area contributed by atoms with E-state index in [-0.39, 0.29) is 11.5 Å². The molecule has 7 nitrogen and oxygen atoms in total. The summed E-state index contributed by atoms with van der Waals surface area (Å²) in [5.74, 6) is 0. The van der Waals surface area contributed by atoms with Crippen molar-refractivity contribution in [2.75, 3.05) is 13.2 Å². The van der Waals surface area contributed by atoms with E-state index in [4.69, 9.17) is 9.16 Å². The molecular weight excluding hydrogens is 366 g/mol. The Labute approximate surface area is 159 Å². The van der Waals surface area contributed by atoms with Gasteiger partial charge in [0, 0.05) is 25.8 Å². The molecule has 0 saturated carbocycles. The molecule has 0 bridgehead atoms. The maximum Gasteiger partial charge on any atom is 0.234 e. The van der Waals surface area contributed by atoms with E-state index in [9.17, 15) is 10.1 Å². The summed E-state index contributed by atoms with van der Waals surface area (Å²) in [6.07, 6.45) is 1.23. The van der Waals surface area contributed by atoms with Gasteiger partial charge in [0.2, 0.25) is 6.54 Å². The first-order chi connectivity index (χ1) is 12.1. The molecule has 0 N–H and O–H groups in total. The lowest BCUT2D eigenvalue weighted by atomic mass is 10.3. The lowest BCUT2D eigenvalue weighted by Crippen LogP contribution is -2.39. The predicted molar refractivity (Wildman–Crippen MR) is 109 cm³/mol. The first kappa shape index (κ1) is 23.0. The molecule has 0 amide bonds. The van der Waals surface area contributed by atoms with E-state index in [1.54, 1.807) is 4.68 Å². The molecule has 0 radical (unpaired) electrons. The van der Waals surface area contributed by atoms with E-state index < -0.39 is 22.5 Å². The molecule has 0 aliphatic heterocycles. The number of ether oxygens (including phenoxy) is 1. The van der Waals surface area contributed by atoms with Gasteiger partial charge in [-0.25, -0.2) is 4.68 Å². The average molecular weight is 402 g/mol. The van der Waals surface area contributed by atoms with E-state index in [1.807, 2.05) is 12.3 Å². The zero-order valence-corrected chi connectivity index (χ0v) is 19.2. The van der Waals surface area contributed by atoms with Crippen molar-refractivity contribution in [1.82, 2.24) is 9.78 Å². The monoisotopic (exact) mass is 401 g/mol. The quantitative estimate of drug-likeness (QED) is 0.210. The van der Waals surface area contributed by atoms with Gasteiger partial charge in [0.25, 0.3) is 0 Å². The van der Waals surface area contributed by atoms with Crippen molar-refractivity contribution in [1.29, 1.82) is 0 Å². The molecule has 1 unspecified atom stereocenters. The molecular formula is C17H35N3O4Si2. The van der Waals surface area contributed by atoms with Gasteiger partial charge in [-0.15, -0.1) is 0 Å². The summed E-state index contributed by atoms with van der Waals surface area (Å²) in [4.78, 5) is 10.8. The zero-order valence-electron chi connectivity index (χ0n) is 17.2. The van der Waals surface area contributed by atoms with Crippen LogP contribution in [0.1, 0.15) is 32.6 Å². The van der Waals surface area contributed by atoms with Crippen LogP contribution >= 0.6 is 0 Å². The molecule has 1 aromatic heterocycles. The molecule has 0 fully saturated rings. The van der Waals surface area contributed by atoms with Gasteiger partial charge >= 0.3 is 0 Å². The Hall–Kier alpha value is -1.04. The third-order valence-electron chi connectivity index (χ3n) is 4.85. The SMILES string of the molecule is CC[Si](CC)(CC)OC(C[N+](=O)[O-])c1ccn(COCC[Si](C)(C)C)n1. The molecule has 150 valence electrons. The fraction of sp³-hybridized carbons (Fsp3) is 0.824. The van der Waals surface area contributed by atoms with Crippen molar-refractivity contribution in [2.45, 2.75) is 77.4 Å². The number of rotatable bonds is 13. The van der Waals surface area contributed by atoms with Gasteiger partial charge < -0.3 is 9.16 Å². The molecule has 0 spiro atoms. The van der Waals surface area contributed by atoms with E-state index in [0.717, 1.165) is 30.8 Å². The number of hydrogen-bond acceptors (Lipinski definition) is 5. The summed E-state index contributed by atoms with van der Waals surface area (Å²) < 4.78 is 13.8. The Morgan fingerprint density at radius 2 is 1.85 bits per heavy atom. The van der Waals surface area contributed by atoms with Crippen molar-refractivity contribution < 1.29 is 14.1 Å². The Bertz CT molecular complexity index is 548. The van der Waals surface area contributed by atoms with Crippen LogP contribution in [0.25, 0.3) is 0 Å². The van der Waals surface area contributed by atoms with Gasteiger partial charge in [-0.3, -0.25) is 10.1 Å². The summed E-state index contributed by atoms with van der Waals surface area (Å²) in [5.41, 5.74) is 0.628. The minimum absolute atomic E-state index is 0.248. The second kappa shape index (κ2) is 10.3. The lowest BCUT2D eigenvalue weighted by molar-refractivity contribution is -0.490. The highest BCUT2D eigenvalue weighted by atomic mass is 28.4. The summed E-state index contributed by atoms with van der Waals surface area (Å²) >= 11 is 0. The standard InChI is InChI=1S/C17H35N3O4Si2/c1-7-26(8-2,9-3)24-17(14-20(21)22)16-10-11-19(18-16)15-23-12-13-25(4,5)6/h10-11,17H,7-9,12-15H2,1-6H3. The average Bonchev–Trinajstić information content (AvgIpc) is 3.03. The minimum atomic E-state index is -1.95. The number of hydrogen-bond donors (Lipinski definition) is 0. The highest BCUT2D eigenvalue weighted by Gasteiger charge is 2.35. The molecule has 0 saturated heterocycles. The molecule has 9 heteroatoms. The van der Waals surface area contributed by atoms with Gasteiger partial charge in [0.15, 0.2) is 14.4 Å². The van der Waals surface area contributed by atoms with Crippen LogP contribution in [0.5, 0.6) is 0 Å². The van der Waals surface area contributed by atoms with Gasteiger partial charge in [0.05, 0.1) is 5.69 Å². The summed E-state index contributed by atoms with van der Waals surface area (Å²) in [6, 6.07) is 5.78. The van der Waals surface area contributed by atoms with Crippen LogP contribution in [0.4, 0.5) is 0 Å². The van der Waals surface area contributed by atoms with Crippen LogP contribution in [-0.2, 0) is 15.9 Å². The fourth-order valence-corrected chi connectivity index (χ4v) is 6.34. The lowest BCUT2D eigenvalue weighted by Gasteiger charge is -2.31. The predicted octanol–water partition coefficient (Wildman–Crippen LogP) is 4.54. The molecule has 1 aromatic rings. The summed E-state index contributed by atoms with van der Waals surface area (Å²) in [7, 11) is -3.06. The molecule has 26 heavy (non-hydrogen) atoms. The first-order valence-corrected chi connectivity index (χ1v) is 15.8. The fourth-order valence-electron chi connectivity index (χ4n) is 2.79. The van der Waals surface area contributed by atoms with Crippen molar-refractivity contribution in [2.24, 2.45) is 0 Å². The normalized spacial score (nSPS) is 13.8. The first-order valence-electron chi connectivity index (χ1n) is 9.55. The number of nitro groups is 1. The molecule has 0 aromatic carbocycles. The molecule has 1 atom stereocenters. The van der Waals surface area contributed by atoms with Crippen LogP contribution in [0, 0.1) is 10.1 Å². The van der Waals surface area contributed by atoms with Crippen LogP contribution in [0.15, 0.2) is 12.3 Å². The Balaban J connectivity index is 2.76. The van der Waals surface area contributed by atoms with Crippen molar-refractivity contribution in [3.8, 4) is 0 Å². The highest BCUT2D eigenvalue weighted by molar-refractivity contribution is 6.76. The van der Waals surface area contributed by atoms with Gasteiger partial charge in [-0.2, -0.15) is 5.10 Å². The zero-order chi connectivity index (χ0) is 19.8. The third kappa shape index (κ3) is 7.69. The number of nitrogens with zero attached hydrogens (tertiary/aromatic N) is 3. The number of aromatic nitrogens is 2. The third-order valence-corrected chi connectivity index (χ3v) is 11.2. The van der Waals surface area contributed by atoms with Crippen LogP contribution < -0.4 is 0 Å². The van der Waals surface area contributed by atoms with Crippen molar-refractivity contribution in [3.63, 3.8) is 0 Å². The Morgan fingerprint density at radius 3 is 2.35 bits per heavy atom. The molecule has 0 aliphatic carbocycles. The second-order valence-electron chi connectivity index (χ2n) is 7.99. The Kier molecular flexibility index (Phi) is 9.15. The minimum Gasteiger partial charge on any atom is -0.402 e. The van der Waals surface area contributed by atoms with Crippen molar-refractivity contribution >= 4 is 16.4 Å². The van der Waals surface area contributed by atoms with E-state index >= 15 is 0 Å². The second-order valence-corrected chi connectivity index (χ2v) is 18.3. The van der Waals surface area contributed by atoms with Crippen LogP contribution in [0.3, 0.4) is 0 Å². The van der Waals surface area contributed by atoms with Gasteiger partial charge in [-0.05, 0) is 30.2 Å². The van der Waals surface area contributed by atoms with Crippen molar-refractivity contribution in [3.05, 3.63) is 28.1 Å². The van der Waals surface area contributed by atoms with Gasteiger partial charge in [0.1, 0.15) is 6.73 Å². The van der Waals surface area contributed by atoms with E-state index in [0.29, 0.717) is 12.4 Å². The van der Waals surface area contributed by atoms with Crippen LogP contribution in [0.2, 0.25) is 43.8 Å². The van der Waals surface area contributed by atoms with Gasteiger partial charge in [-0.1, -0.05) is 40.4 Å². The van der Waals surface area contributed by atoms with Crippen LogP contribution in [-0.4, -0.2) is 44.2 Å². The molecule has 0 aliphatic rings. The smallest absolute Gasteiger partial charge is 0.234 e. The maximum absolute atomic E-state index is 11.1. The maximum atomic E-state index is 11.1. The summed E-state index contributed by atoms with van der Waals surface area (Å²) in [5, 5.41) is 15.6. The highest BCUT2D eigenvalue weighted by Crippen LogP contribution is 2.29. The van der Waals surface area contributed by atoms with E-state index in [1.165, 1.54) is 0 Å². The molecule has 1 rings (SSSR count). The molecule has 1 heterocycles. The largest absolute Gasteiger partial charge is 0.402 e. The summed E-state index contributed by atoms with van der Waals surface area (Å²) in [6.45, 7) is 14.1. The topological polar surface area (TPSA) is 79.4 Å².